The summed E-state index contributed by atoms with van der Waals surface area (Å²) in [4.78, 5) is 16.6. The third kappa shape index (κ3) is 2.27. The Morgan fingerprint density at radius 3 is 2.83 bits per heavy atom. The molecule has 8 heteroatoms. The predicted molar refractivity (Wildman–Crippen MR) is 84.8 cm³/mol. The van der Waals surface area contributed by atoms with E-state index in [1.807, 2.05) is 0 Å². The molecule has 1 aromatic rings. The van der Waals surface area contributed by atoms with E-state index in [4.69, 9.17) is 16.2 Å². The van der Waals surface area contributed by atoms with Gasteiger partial charge in [-0.15, -0.1) is 0 Å². The number of fused-ring (bicyclic) bond motifs is 1. The number of carbonyl (C=O) groups is 1. The van der Waals surface area contributed by atoms with Crippen molar-refractivity contribution in [2.24, 2.45) is 16.6 Å². The predicted octanol–water partition coefficient (Wildman–Crippen LogP) is 2.15. The van der Waals surface area contributed by atoms with Crippen LogP contribution in [0.3, 0.4) is 0 Å². The lowest BCUT2D eigenvalue weighted by Gasteiger charge is -2.33. The molecule has 0 aromatic heterocycles. The molecule has 1 unspecified atom stereocenters. The van der Waals surface area contributed by atoms with E-state index in [2.05, 4.69) is 4.99 Å². The van der Waals surface area contributed by atoms with Gasteiger partial charge in [-0.2, -0.15) is 0 Å². The summed E-state index contributed by atoms with van der Waals surface area (Å²) in [7, 11) is 0. The molecule has 1 fully saturated rings. The number of aliphatic imine (C=N–C) groups is 1. The number of esters is 1. The van der Waals surface area contributed by atoms with Gasteiger partial charge in [0.2, 0.25) is 0 Å². The Bertz CT molecular complexity index is 727. The maximum atomic E-state index is 14.3. The summed E-state index contributed by atoms with van der Waals surface area (Å²) in [6, 6.07) is 2.26. The lowest BCUT2D eigenvalue weighted by molar-refractivity contribution is -0.143. The molecular formula is C15H17F2N3O2S. The summed E-state index contributed by atoms with van der Waals surface area (Å²) >= 11 is 1.13. The van der Waals surface area contributed by atoms with E-state index in [0.717, 1.165) is 17.8 Å². The molecule has 1 saturated carbocycles. The number of carbonyl (C=O) groups excluding carboxylic acids is 1. The Balaban J connectivity index is 2.09. The summed E-state index contributed by atoms with van der Waals surface area (Å²) in [6.45, 7) is 3.59. The van der Waals surface area contributed by atoms with E-state index in [1.54, 1.807) is 13.8 Å². The van der Waals surface area contributed by atoms with Crippen molar-refractivity contribution in [1.82, 2.24) is 0 Å². The van der Waals surface area contributed by atoms with E-state index in [0.29, 0.717) is 6.42 Å². The lowest BCUT2D eigenvalue weighted by atomic mass is 9.85. The number of anilines is 1. The zero-order valence-corrected chi connectivity index (χ0v) is 13.5. The van der Waals surface area contributed by atoms with Gasteiger partial charge in [-0.05, 0) is 32.4 Å². The highest BCUT2D eigenvalue weighted by Crippen LogP contribution is 2.66. The molecule has 0 bridgehead atoms. The summed E-state index contributed by atoms with van der Waals surface area (Å²) in [5.41, 5.74) is 10.4. The molecule has 124 valence electrons. The maximum absolute atomic E-state index is 14.3. The Morgan fingerprint density at radius 1 is 1.48 bits per heavy atom. The van der Waals surface area contributed by atoms with Crippen LogP contribution in [0.2, 0.25) is 0 Å². The standard InChI is InChI=1S/C15H17F2N3O2S/c1-3-22-12(21)15-6-10(15)14(2,20-13(19)23-15)8-4-7(18)5-9(16)11(8)17/h4-5,10H,3,6,18H2,1-2H3,(H2,19,20)/t10?,14-,15+/m1/s1. The Kier molecular flexibility index (Phi) is 3.55. The summed E-state index contributed by atoms with van der Waals surface area (Å²) in [5.74, 6) is -2.80. The Labute approximate surface area is 136 Å². The van der Waals surface area contributed by atoms with Gasteiger partial charge in [-0.1, -0.05) is 11.8 Å². The largest absolute Gasteiger partial charge is 0.465 e. The number of hydrogen-bond donors (Lipinski definition) is 2. The van der Waals surface area contributed by atoms with Crippen molar-refractivity contribution in [2.45, 2.75) is 30.6 Å². The number of thioether (sulfide) groups is 1. The highest BCUT2D eigenvalue weighted by atomic mass is 32.2. The molecule has 1 heterocycles. The van der Waals surface area contributed by atoms with Gasteiger partial charge >= 0.3 is 5.97 Å². The van der Waals surface area contributed by atoms with Gasteiger partial charge in [-0.25, -0.2) is 8.78 Å². The van der Waals surface area contributed by atoms with Gasteiger partial charge in [0.1, 0.15) is 4.75 Å². The second kappa shape index (κ2) is 5.09. The minimum absolute atomic E-state index is 0.00873. The van der Waals surface area contributed by atoms with Crippen LogP contribution in [-0.2, 0) is 15.1 Å². The minimum Gasteiger partial charge on any atom is -0.465 e. The number of nitrogens with two attached hydrogens (primary N) is 2. The average Bonchev–Trinajstić information content (AvgIpc) is 3.19. The van der Waals surface area contributed by atoms with Crippen molar-refractivity contribution >= 4 is 28.6 Å². The first kappa shape index (κ1) is 16.0. The molecule has 4 N–H and O–H groups in total. The Hall–Kier alpha value is -1.83. The van der Waals surface area contributed by atoms with Crippen molar-refractivity contribution in [3.8, 4) is 0 Å². The van der Waals surface area contributed by atoms with E-state index in [1.165, 1.54) is 6.07 Å². The van der Waals surface area contributed by atoms with Crippen molar-refractivity contribution in [1.29, 1.82) is 0 Å². The van der Waals surface area contributed by atoms with Crippen LogP contribution >= 0.6 is 11.8 Å². The minimum atomic E-state index is -1.16. The topological polar surface area (TPSA) is 90.7 Å². The quantitative estimate of drug-likeness (QED) is 0.649. The van der Waals surface area contributed by atoms with E-state index < -0.39 is 27.9 Å². The third-order valence-corrected chi connectivity index (χ3v) is 5.72. The van der Waals surface area contributed by atoms with Crippen LogP contribution in [0.15, 0.2) is 17.1 Å². The molecule has 1 aliphatic heterocycles. The van der Waals surface area contributed by atoms with Crippen molar-refractivity contribution in [3.63, 3.8) is 0 Å². The summed E-state index contributed by atoms with van der Waals surface area (Å²) in [6.07, 6.45) is 0.438. The first-order valence-corrected chi connectivity index (χ1v) is 8.03. The molecule has 0 amide bonds. The SMILES string of the molecule is CCOC(=O)[C@]12CC1[C@@](C)(c1cc(N)cc(F)c1F)N=C(N)S2. The fraction of sp³-hybridized carbons (Fsp3) is 0.467. The summed E-state index contributed by atoms with van der Waals surface area (Å²) in [5, 5.41) is 0.150. The molecule has 0 spiro atoms. The van der Waals surface area contributed by atoms with Gasteiger partial charge in [0.25, 0.3) is 0 Å². The highest BCUT2D eigenvalue weighted by molar-refractivity contribution is 8.15. The number of nitrogens with zero attached hydrogens (tertiary/aromatic N) is 1. The fourth-order valence-corrected chi connectivity index (χ4v) is 4.65. The van der Waals surface area contributed by atoms with Crippen LogP contribution in [0.5, 0.6) is 0 Å². The number of nitrogen functional groups attached to an aromatic ring is 1. The third-order valence-electron chi connectivity index (χ3n) is 4.43. The molecule has 2 aliphatic rings. The number of halogens is 2. The first-order chi connectivity index (χ1) is 10.7. The van der Waals surface area contributed by atoms with Crippen molar-refractivity contribution in [3.05, 3.63) is 29.3 Å². The number of rotatable bonds is 3. The van der Waals surface area contributed by atoms with Gasteiger partial charge in [0, 0.05) is 17.2 Å². The van der Waals surface area contributed by atoms with Crippen LogP contribution in [0.1, 0.15) is 25.8 Å². The summed E-state index contributed by atoms with van der Waals surface area (Å²) < 4.78 is 32.3. The molecule has 1 aromatic carbocycles. The molecule has 3 rings (SSSR count). The molecule has 1 aliphatic carbocycles. The van der Waals surface area contributed by atoms with E-state index in [9.17, 15) is 13.6 Å². The van der Waals surface area contributed by atoms with Crippen LogP contribution in [0.25, 0.3) is 0 Å². The van der Waals surface area contributed by atoms with Gasteiger partial charge in [0.15, 0.2) is 16.8 Å². The van der Waals surface area contributed by atoms with Gasteiger partial charge in [-0.3, -0.25) is 9.79 Å². The molecule has 5 nitrogen and oxygen atoms in total. The highest BCUT2D eigenvalue weighted by Gasteiger charge is 2.71. The van der Waals surface area contributed by atoms with Crippen LogP contribution in [0, 0.1) is 17.6 Å². The monoisotopic (exact) mass is 341 g/mol. The van der Waals surface area contributed by atoms with E-state index >= 15 is 0 Å². The van der Waals surface area contributed by atoms with Crippen LogP contribution in [0.4, 0.5) is 14.5 Å². The zero-order chi connectivity index (χ0) is 17.0. The van der Waals surface area contributed by atoms with Crippen molar-refractivity contribution in [2.75, 3.05) is 12.3 Å². The average molecular weight is 341 g/mol. The second-order valence-electron chi connectivity index (χ2n) is 5.93. The van der Waals surface area contributed by atoms with Gasteiger partial charge in [0.05, 0.1) is 12.1 Å². The smallest absolute Gasteiger partial charge is 0.323 e. The normalized spacial score (nSPS) is 32.0. The fourth-order valence-electron chi connectivity index (χ4n) is 3.27. The van der Waals surface area contributed by atoms with Crippen molar-refractivity contribution < 1.29 is 18.3 Å². The second-order valence-corrected chi connectivity index (χ2v) is 7.28. The number of amidine groups is 1. The van der Waals surface area contributed by atoms with Crippen LogP contribution < -0.4 is 11.5 Å². The molecular weight excluding hydrogens is 324 g/mol. The van der Waals surface area contributed by atoms with Gasteiger partial charge < -0.3 is 16.2 Å². The molecule has 23 heavy (non-hydrogen) atoms. The molecule has 0 saturated heterocycles. The number of ether oxygens (including phenoxy) is 1. The molecule has 0 radical (unpaired) electrons. The maximum Gasteiger partial charge on any atom is 0.323 e. The lowest BCUT2D eigenvalue weighted by Crippen LogP contribution is -2.40. The Morgan fingerprint density at radius 2 is 2.17 bits per heavy atom. The number of hydrogen-bond acceptors (Lipinski definition) is 6. The molecule has 3 atom stereocenters. The number of benzene rings is 1. The first-order valence-electron chi connectivity index (χ1n) is 7.21. The van der Waals surface area contributed by atoms with E-state index in [-0.39, 0.29) is 28.9 Å². The van der Waals surface area contributed by atoms with Crippen LogP contribution in [-0.4, -0.2) is 22.5 Å². The zero-order valence-electron chi connectivity index (χ0n) is 12.7.